The van der Waals surface area contributed by atoms with E-state index in [1.165, 1.54) is 49.7 Å². The number of hydrogen-bond acceptors (Lipinski definition) is 2. The van der Waals surface area contributed by atoms with Gasteiger partial charge in [0.25, 0.3) is 0 Å². The van der Waals surface area contributed by atoms with E-state index in [9.17, 15) is 0 Å². The summed E-state index contributed by atoms with van der Waals surface area (Å²) < 4.78 is 8.84. The molecule has 268 valence electrons. The summed E-state index contributed by atoms with van der Waals surface area (Å²) in [5.41, 5.74) is 18.1. The van der Waals surface area contributed by atoms with Crippen LogP contribution in [0.1, 0.15) is 25.0 Å². The molecule has 0 N–H and O–H groups in total. The summed E-state index contributed by atoms with van der Waals surface area (Å²) in [6.45, 7) is 4.73. The van der Waals surface area contributed by atoms with Gasteiger partial charge in [0, 0.05) is 43.7 Å². The van der Waals surface area contributed by atoms with Gasteiger partial charge in [-0.1, -0.05) is 166 Å². The molecule has 0 spiro atoms. The molecule has 57 heavy (non-hydrogen) atoms. The minimum absolute atomic E-state index is 0.191. The molecular weight excluding hydrogens is 693 g/mol. The molecule has 3 aromatic heterocycles. The Hall–Kier alpha value is -7.23. The number of aromatic nitrogens is 2. The average molecular weight is 729 g/mol. The molecule has 0 bridgehead atoms. The standard InChI is InChI=1S/C54H36N2O/c1-54(2)46-31-36(24-27-40(46)41-28-25-37(32-47(41)54)38-21-13-22-43-42-19-11-12-23-49(42)57-52(38)43)35-26-29-48-45(30-35)39-18-9-10-20-44(39)53-55-50(33-14-5-3-6-15-33)51(56(48)53)34-16-7-4-8-17-34/h3-32H,1-2H3. The Labute approximate surface area is 330 Å². The molecule has 0 radical (unpaired) electrons. The molecule has 0 fully saturated rings. The summed E-state index contributed by atoms with van der Waals surface area (Å²) in [7, 11) is 0. The second-order valence-electron chi connectivity index (χ2n) is 15.9. The van der Waals surface area contributed by atoms with E-state index in [1.54, 1.807) is 0 Å². The van der Waals surface area contributed by atoms with E-state index in [2.05, 4.69) is 194 Å². The SMILES string of the molecule is CC1(C)c2cc(-c3ccc4c(c3)c3ccccc3c3nc(-c5ccccc5)c(-c5ccccc5)n43)ccc2-c2ccc(-c3cccc4c3oc3ccccc34)cc21. The molecule has 0 saturated heterocycles. The minimum atomic E-state index is -0.191. The summed E-state index contributed by atoms with van der Waals surface area (Å²) in [5.74, 6) is 0. The van der Waals surface area contributed by atoms with Crippen LogP contribution in [0, 0.1) is 0 Å². The molecule has 1 aliphatic rings. The average Bonchev–Trinajstić information content (AvgIpc) is 3.93. The van der Waals surface area contributed by atoms with Gasteiger partial charge in [-0.25, -0.2) is 4.98 Å². The molecule has 0 aliphatic heterocycles. The maximum Gasteiger partial charge on any atom is 0.146 e. The predicted octanol–water partition coefficient (Wildman–Crippen LogP) is 14.5. The molecule has 3 nitrogen and oxygen atoms in total. The van der Waals surface area contributed by atoms with Crippen LogP contribution in [0.2, 0.25) is 0 Å². The second-order valence-corrected chi connectivity index (χ2v) is 15.9. The van der Waals surface area contributed by atoms with Gasteiger partial charge in [0.1, 0.15) is 16.8 Å². The van der Waals surface area contributed by atoms with E-state index in [4.69, 9.17) is 9.40 Å². The highest BCUT2D eigenvalue weighted by molar-refractivity contribution is 6.14. The van der Waals surface area contributed by atoms with Crippen LogP contribution in [0.5, 0.6) is 0 Å². The van der Waals surface area contributed by atoms with Gasteiger partial charge in [0.05, 0.1) is 16.9 Å². The van der Waals surface area contributed by atoms with Crippen molar-refractivity contribution >= 4 is 49.3 Å². The van der Waals surface area contributed by atoms with Gasteiger partial charge in [-0.2, -0.15) is 0 Å². The zero-order valence-corrected chi connectivity index (χ0v) is 31.6. The monoisotopic (exact) mass is 728 g/mol. The van der Waals surface area contributed by atoms with Crippen LogP contribution in [-0.2, 0) is 5.41 Å². The van der Waals surface area contributed by atoms with Gasteiger partial charge in [0.2, 0.25) is 0 Å². The number of furan rings is 1. The summed E-state index contributed by atoms with van der Waals surface area (Å²) in [6.07, 6.45) is 0. The van der Waals surface area contributed by atoms with E-state index in [0.29, 0.717) is 0 Å². The third-order valence-corrected chi connectivity index (χ3v) is 12.4. The second kappa shape index (κ2) is 11.9. The lowest BCUT2D eigenvalue weighted by molar-refractivity contribution is 0.660. The fourth-order valence-electron chi connectivity index (χ4n) is 9.59. The first-order chi connectivity index (χ1) is 28.0. The summed E-state index contributed by atoms with van der Waals surface area (Å²) in [4.78, 5) is 5.40. The zero-order chi connectivity index (χ0) is 37.8. The van der Waals surface area contributed by atoms with Crippen molar-refractivity contribution in [2.45, 2.75) is 19.3 Å². The first kappa shape index (κ1) is 32.1. The van der Waals surface area contributed by atoms with Gasteiger partial charge in [-0.05, 0) is 74.7 Å². The maximum absolute atomic E-state index is 6.46. The van der Waals surface area contributed by atoms with Crippen LogP contribution >= 0.6 is 0 Å². The van der Waals surface area contributed by atoms with Crippen LogP contribution in [-0.4, -0.2) is 9.38 Å². The fraction of sp³-hybridized carbons (Fsp3) is 0.0556. The van der Waals surface area contributed by atoms with E-state index >= 15 is 0 Å². The topological polar surface area (TPSA) is 30.4 Å². The van der Waals surface area contributed by atoms with Gasteiger partial charge in [-0.3, -0.25) is 4.40 Å². The summed E-state index contributed by atoms with van der Waals surface area (Å²) >= 11 is 0. The molecule has 12 rings (SSSR count). The first-order valence-corrected chi connectivity index (χ1v) is 19.7. The normalized spacial score (nSPS) is 13.2. The van der Waals surface area contributed by atoms with Crippen molar-refractivity contribution in [2.75, 3.05) is 0 Å². The van der Waals surface area contributed by atoms with Gasteiger partial charge in [0.15, 0.2) is 0 Å². The number of fused-ring (bicyclic) bond motifs is 12. The number of rotatable bonds is 4. The lowest BCUT2D eigenvalue weighted by Crippen LogP contribution is -2.15. The van der Waals surface area contributed by atoms with Gasteiger partial charge in [-0.15, -0.1) is 0 Å². The van der Waals surface area contributed by atoms with Crippen LogP contribution in [0.4, 0.5) is 0 Å². The van der Waals surface area contributed by atoms with Crippen molar-refractivity contribution in [2.24, 2.45) is 0 Å². The molecule has 8 aromatic carbocycles. The molecular formula is C54H36N2O. The highest BCUT2D eigenvalue weighted by Gasteiger charge is 2.36. The zero-order valence-electron chi connectivity index (χ0n) is 31.6. The summed E-state index contributed by atoms with van der Waals surface area (Å²) in [6, 6.07) is 65.8. The Morgan fingerprint density at radius 3 is 1.81 bits per heavy atom. The largest absolute Gasteiger partial charge is 0.455 e. The quantitative estimate of drug-likeness (QED) is 0.169. The lowest BCUT2D eigenvalue weighted by Gasteiger charge is -2.23. The van der Waals surface area contributed by atoms with Crippen LogP contribution < -0.4 is 0 Å². The van der Waals surface area contributed by atoms with Crippen molar-refractivity contribution in [3.63, 3.8) is 0 Å². The minimum Gasteiger partial charge on any atom is -0.455 e. The molecule has 0 atom stereocenters. The van der Waals surface area contributed by atoms with Crippen molar-refractivity contribution in [3.8, 4) is 55.9 Å². The van der Waals surface area contributed by atoms with Crippen LogP contribution in [0.15, 0.2) is 186 Å². The molecule has 11 aromatic rings. The van der Waals surface area contributed by atoms with Crippen molar-refractivity contribution in [3.05, 3.63) is 193 Å². The fourth-order valence-corrected chi connectivity index (χ4v) is 9.59. The number of imidazole rings is 1. The van der Waals surface area contributed by atoms with Crippen molar-refractivity contribution < 1.29 is 4.42 Å². The molecule has 1 aliphatic carbocycles. The number of hydrogen-bond donors (Lipinski definition) is 0. The van der Waals surface area contributed by atoms with Crippen LogP contribution in [0.3, 0.4) is 0 Å². The number of nitrogens with zero attached hydrogens (tertiary/aromatic N) is 2. The smallest absolute Gasteiger partial charge is 0.146 e. The Balaban J connectivity index is 1.01. The molecule has 3 heterocycles. The molecule has 3 heteroatoms. The lowest BCUT2D eigenvalue weighted by atomic mass is 9.80. The van der Waals surface area contributed by atoms with Crippen molar-refractivity contribution in [1.29, 1.82) is 0 Å². The van der Waals surface area contributed by atoms with E-state index in [1.807, 2.05) is 6.07 Å². The van der Waals surface area contributed by atoms with Crippen molar-refractivity contribution in [1.82, 2.24) is 9.38 Å². The Morgan fingerprint density at radius 1 is 0.439 bits per heavy atom. The molecule has 0 amide bonds. The van der Waals surface area contributed by atoms with Crippen LogP contribution in [0.25, 0.3) is 105 Å². The first-order valence-electron chi connectivity index (χ1n) is 19.7. The van der Waals surface area contributed by atoms with Gasteiger partial charge < -0.3 is 4.42 Å². The molecule has 0 saturated carbocycles. The van der Waals surface area contributed by atoms with E-state index in [-0.39, 0.29) is 5.41 Å². The maximum atomic E-state index is 6.46. The highest BCUT2D eigenvalue weighted by atomic mass is 16.3. The summed E-state index contributed by atoms with van der Waals surface area (Å²) in [5, 5.41) is 5.85. The Kier molecular flexibility index (Phi) is 6.68. The highest BCUT2D eigenvalue weighted by Crippen LogP contribution is 2.51. The van der Waals surface area contributed by atoms with E-state index < -0.39 is 0 Å². The molecule has 0 unspecified atom stereocenters. The predicted molar refractivity (Wildman–Crippen MR) is 237 cm³/mol. The third-order valence-electron chi connectivity index (χ3n) is 12.4. The third kappa shape index (κ3) is 4.63. The number of benzene rings is 8. The van der Waals surface area contributed by atoms with Gasteiger partial charge >= 0.3 is 0 Å². The van der Waals surface area contributed by atoms with E-state index in [0.717, 1.165) is 66.6 Å². The number of pyridine rings is 1. The Morgan fingerprint density at radius 2 is 1.04 bits per heavy atom. The number of para-hydroxylation sites is 2. The Bertz CT molecular complexity index is 3420.